The van der Waals surface area contributed by atoms with Gasteiger partial charge in [-0.25, -0.2) is 16.8 Å². The van der Waals surface area contributed by atoms with Crippen molar-refractivity contribution in [3.63, 3.8) is 0 Å². The second kappa shape index (κ2) is 15.6. The molecular formula is C29H37Cl2LiO9S2. The monoisotopic (exact) mass is 670 g/mol. The molecule has 4 rings (SSSR count). The fourth-order valence-electron chi connectivity index (χ4n) is 5.88. The van der Waals surface area contributed by atoms with Crippen LogP contribution in [0.2, 0.25) is 10.0 Å². The average molecular weight is 672 g/mol. The van der Waals surface area contributed by atoms with Crippen LogP contribution >= 0.6 is 23.2 Å². The van der Waals surface area contributed by atoms with Crippen molar-refractivity contribution in [3.8, 4) is 0 Å². The first-order chi connectivity index (χ1) is 19.1. The van der Waals surface area contributed by atoms with Crippen LogP contribution in [-0.2, 0) is 34.0 Å². The minimum absolute atomic E-state index is 0. The Morgan fingerprint density at radius 1 is 0.767 bits per heavy atom. The fourth-order valence-corrected chi connectivity index (χ4v) is 10.7. The summed E-state index contributed by atoms with van der Waals surface area (Å²) in [6, 6.07) is 9.49. The van der Waals surface area contributed by atoms with Crippen molar-refractivity contribution in [2.45, 2.75) is 75.0 Å². The van der Waals surface area contributed by atoms with Crippen molar-refractivity contribution in [1.82, 2.24) is 0 Å². The van der Waals surface area contributed by atoms with Crippen LogP contribution in [-0.4, -0.2) is 58.0 Å². The average Bonchev–Trinajstić information content (AvgIpc) is 3.57. The smallest absolute Gasteiger partial charge is 0.870 e. The van der Waals surface area contributed by atoms with E-state index >= 15 is 0 Å². The zero-order valence-electron chi connectivity index (χ0n) is 24.9. The van der Waals surface area contributed by atoms with Crippen molar-refractivity contribution in [1.29, 1.82) is 0 Å². The molecule has 2 fully saturated rings. The predicted molar refractivity (Wildman–Crippen MR) is 160 cm³/mol. The van der Waals surface area contributed by atoms with E-state index in [1.54, 1.807) is 38.1 Å². The van der Waals surface area contributed by atoms with Gasteiger partial charge in [-0.15, -0.1) is 0 Å². The van der Waals surface area contributed by atoms with E-state index < -0.39 is 42.4 Å². The number of carbonyl (C=O) groups is 2. The van der Waals surface area contributed by atoms with Crippen LogP contribution in [0, 0.1) is 24.7 Å². The molecule has 0 heterocycles. The van der Waals surface area contributed by atoms with Gasteiger partial charge < -0.3 is 15.3 Å². The molecule has 0 aliphatic heterocycles. The molecule has 2 aromatic rings. The van der Waals surface area contributed by atoms with E-state index in [1.807, 2.05) is 0 Å². The number of hydrogen-bond donors (Lipinski definition) is 1. The molecule has 0 spiro atoms. The Morgan fingerprint density at radius 2 is 1.12 bits per heavy atom. The van der Waals surface area contributed by atoms with Gasteiger partial charge >= 0.3 is 30.8 Å². The molecular weight excluding hydrogens is 634 g/mol. The molecule has 9 nitrogen and oxygen atoms in total. The molecule has 0 amide bonds. The number of esters is 1. The van der Waals surface area contributed by atoms with Crippen LogP contribution in [0.5, 0.6) is 0 Å². The van der Waals surface area contributed by atoms with Gasteiger partial charge in [0, 0.05) is 10.0 Å². The van der Waals surface area contributed by atoms with Crippen LogP contribution in [0.1, 0.15) is 62.5 Å². The third kappa shape index (κ3) is 8.78. The minimum atomic E-state index is -3.67. The SMILES string of the molecule is COC(=O)C1(CS(=O)(=O)c2cccc(Cl)c2C)CCCC1.Cc1c(Cl)cccc1S(=O)(=O)CC1(C(=O)O)CCCC1.[Li+].[OH-]. The summed E-state index contributed by atoms with van der Waals surface area (Å²) in [7, 11) is -5.96. The van der Waals surface area contributed by atoms with Crippen molar-refractivity contribution in [2.24, 2.45) is 10.8 Å². The van der Waals surface area contributed by atoms with Gasteiger partial charge in [-0.2, -0.15) is 0 Å². The quantitative estimate of drug-likeness (QED) is 0.329. The van der Waals surface area contributed by atoms with E-state index in [1.165, 1.54) is 19.2 Å². The third-order valence-electron chi connectivity index (χ3n) is 8.23. The maximum absolute atomic E-state index is 12.7. The molecule has 2 saturated carbocycles. The van der Waals surface area contributed by atoms with E-state index in [-0.39, 0.29) is 45.6 Å². The summed E-state index contributed by atoms with van der Waals surface area (Å²) >= 11 is 12.0. The topological polar surface area (TPSA) is 162 Å². The number of carboxylic acids is 1. The molecule has 0 radical (unpaired) electrons. The summed E-state index contributed by atoms with van der Waals surface area (Å²) in [6.07, 6.45) is 5.16. The predicted octanol–water partition coefficient (Wildman–Crippen LogP) is 3.05. The number of rotatable bonds is 8. The molecule has 2 aliphatic carbocycles. The number of sulfone groups is 2. The molecule has 2 N–H and O–H groups in total. The zero-order valence-corrected chi connectivity index (χ0v) is 28.0. The summed E-state index contributed by atoms with van der Waals surface area (Å²) < 4.78 is 55.4. The van der Waals surface area contributed by atoms with E-state index in [4.69, 9.17) is 27.9 Å². The van der Waals surface area contributed by atoms with Crippen LogP contribution < -0.4 is 18.9 Å². The third-order valence-corrected chi connectivity index (χ3v) is 13.1. The van der Waals surface area contributed by atoms with Crippen LogP contribution in [0.4, 0.5) is 0 Å². The number of aliphatic carboxylic acids is 1. The number of carbonyl (C=O) groups excluding carboxylic acids is 1. The van der Waals surface area contributed by atoms with Crippen LogP contribution in [0.3, 0.4) is 0 Å². The van der Waals surface area contributed by atoms with Gasteiger partial charge in [0.2, 0.25) is 0 Å². The Kier molecular flexibility index (Phi) is 14.3. The molecule has 0 saturated heterocycles. The Hall–Kier alpha value is -1.58. The number of hydrogen-bond acceptors (Lipinski definition) is 8. The fraction of sp³-hybridized carbons (Fsp3) is 0.517. The van der Waals surface area contributed by atoms with Gasteiger partial charge in [0.05, 0.1) is 39.2 Å². The Labute approximate surface area is 276 Å². The maximum Gasteiger partial charge on any atom is 1.00 e. The van der Waals surface area contributed by atoms with Crippen molar-refractivity contribution in [3.05, 3.63) is 57.6 Å². The van der Waals surface area contributed by atoms with Gasteiger partial charge in [-0.05, 0) is 74.9 Å². The number of carboxylic acid groups (broad SMARTS) is 1. The van der Waals surface area contributed by atoms with E-state index in [2.05, 4.69) is 0 Å². The molecule has 0 bridgehead atoms. The van der Waals surface area contributed by atoms with Gasteiger partial charge in [0.15, 0.2) is 19.7 Å². The largest absolute Gasteiger partial charge is 1.00 e. The van der Waals surface area contributed by atoms with Crippen LogP contribution in [0.15, 0.2) is 46.2 Å². The summed E-state index contributed by atoms with van der Waals surface area (Å²) in [5.74, 6) is -2.01. The van der Waals surface area contributed by atoms with E-state index in [0.717, 1.165) is 25.7 Å². The molecule has 14 heteroatoms. The van der Waals surface area contributed by atoms with E-state index in [9.17, 15) is 31.5 Å². The Bertz CT molecular complexity index is 1510. The van der Waals surface area contributed by atoms with Gasteiger partial charge in [0.1, 0.15) is 0 Å². The van der Waals surface area contributed by atoms with Gasteiger partial charge in [0.25, 0.3) is 0 Å². The molecule has 234 valence electrons. The number of halogens is 2. The number of benzene rings is 2. The van der Waals surface area contributed by atoms with E-state index in [0.29, 0.717) is 46.9 Å². The van der Waals surface area contributed by atoms with Crippen molar-refractivity contribution < 1.29 is 60.6 Å². The summed E-state index contributed by atoms with van der Waals surface area (Å²) in [6.45, 7) is 3.31. The molecule has 43 heavy (non-hydrogen) atoms. The molecule has 0 aromatic heterocycles. The maximum atomic E-state index is 12.7. The second-order valence-electron chi connectivity index (χ2n) is 11.0. The Balaban J connectivity index is 0.000000411. The van der Waals surface area contributed by atoms with Gasteiger partial charge in [-0.1, -0.05) is 61.0 Å². The van der Waals surface area contributed by atoms with Gasteiger partial charge in [-0.3, -0.25) is 9.59 Å². The standard InChI is InChI=1S/C15H19ClO4S.C14H17ClO4S.Li.H2O/c1-11-12(16)6-5-7-13(11)21(18,19)10-15(14(17)20-2)8-3-4-9-15;1-10-11(15)5-4-6-12(10)20(18,19)9-14(13(16)17)7-2-3-8-14;;/h5-7H,3-4,8-10H2,1-2H3;4-6H,2-3,7-9H2,1H3,(H,16,17);;1H2/q;;+1;/p-1. The molecule has 0 atom stereocenters. The Morgan fingerprint density at radius 3 is 1.47 bits per heavy atom. The molecule has 0 unspecified atom stereocenters. The first-order valence-corrected chi connectivity index (χ1v) is 17.4. The summed E-state index contributed by atoms with van der Waals surface area (Å²) in [4.78, 5) is 23.9. The van der Waals surface area contributed by atoms with Crippen molar-refractivity contribution >= 4 is 54.8 Å². The van der Waals surface area contributed by atoms with Crippen LogP contribution in [0.25, 0.3) is 0 Å². The minimum Gasteiger partial charge on any atom is -0.870 e. The zero-order chi connectivity index (χ0) is 30.6. The summed E-state index contributed by atoms with van der Waals surface area (Å²) in [5, 5.41) is 10.2. The molecule has 2 aromatic carbocycles. The van der Waals surface area contributed by atoms with Crippen molar-refractivity contribution in [2.75, 3.05) is 18.6 Å². The first-order valence-electron chi connectivity index (χ1n) is 13.4. The number of methoxy groups -OCH3 is 1. The first kappa shape index (κ1) is 39.4. The number of ether oxygens (including phenoxy) is 1. The second-order valence-corrected chi connectivity index (χ2v) is 15.7. The normalized spacial score (nSPS) is 17.0. The molecule has 2 aliphatic rings. The summed E-state index contributed by atoms with van der Waals surface area (Å²) in [5.41, 5.74) is -1.06.